The highest BCUT2D eigenvalue weighted by atomic mass is 79.9. The summed E-state index contributed by atoms with van der Waals surface area (Å²) in [6.45, 7) is 4.28. The van der Waals surface area contributed by atoms with Crippen molar-refractivity contribution in [2.45, 2.75) is 39.3 Å². The highest BCUT2D eigenvalue weighted by molar-refractivity contribution is 9.10. The van der Waals surface area contributed by atoms with E-state index in [9.17, 15) is 14.4 Å². The summed E-state index contributed by atoms with van der Waals surface area (Å²) in [6.07, 6.45) is 0.313. The zero-order chi connectivity index (χ0) is 20.7. The van der Waals surface area contributed by atoms with Crippen LogP contribution in [0.4, 0.5) is 0 Å². The van der Waals surface area contributed by atoms with Crippen molar-refractivity contribution in [2.24, 2.45) is 0 Å². The van der Waals surface area contributed by atoms with E-state index in [1.54, 1.807) is 48.3 Å². The van der Waals surface area contributed by atoms with E-state index >= 15 is 0 Å². The summed E-state index contributed by atoms with van der Waals surface area (Å²) < 4.78 is 0.908. The van der Waals surface area contributed by atoms with E-state index in [0.29, 0.717) is 17.7 Å². The molecule has 5 nitrogen and oxygen atoms in total. The monoisotopic (exact) mass is 444 g/mol. The predicted molar refractivity (Wildman–Crippen MR) is 113 cm³/mol. The Hall–Kier alpha value is -2.47. The third-order valence-corrected chi connectivity index (χ3v) is 5.06. The molecule has 0 aromatic heterocycles. The van der Waals surface area contributed by atoms with E-state index in [4.69, 9.17) is 0 Å². The summed E-state index contributed by atoms with van der Waals surface area (Å²) in [7, 11) is 1.77. The van der Waals surface area contributed by atoms with Crippen LogP contribution in [0.5, 0.6) is 0 Å². The number of Topliss-reactive ketones (excluding diaryl/α,β-unsaturated/α-hetero) is 1. The van der Waals surface area contributed by atoms with E-state index in [0.717, 1.165) is 10.0 Å². The number of nitrogens with one attached hydrogen (secondary N) is 1. The summed E-state index contributed by atoms with van der Waals surface area (Å²) in [5.74, 6) is -0.262. The zero-order valence-electron chi connectivity index (χ0n) is 16.4. The highest BCUT2D eigenvalue weighted by Gasteiger charge is 2.14. The molecule has 6 heteroatoms. The van der Waals surface area contributed by atoms with Crippen LogP contribution >= 0.6 is 15.9 Å². The Bertz CT molecular complexity index is 830. The van der Waals surface area contributed by atoms with Gasteiger partial charge in [-0.3, -0.25) is 14.4 Å². The first-order valence-corrected chi connectivity index (χ1v) is 9.99. The lowest BCUT2D eigenvalue weighted by atomic mass is 10.1. The van der Waals surface area contributed by atoms with Crippen LogP contribution in [0.25, 0.3) is 0 Å². The predicted octanol–water partition coefficient (Wildman–Crippen LogP) is 4.21. The number of halogens is 1. The van der Waals surface area contributed by atoms with E-state index in [1.807, 2.05) is 26.0 Å². The summed E-state index contributed by atoms with van der Waals surface area (Å²) in [5, 5.41) is 2.81. The fraction of sp³-hybridized carbons (Fsp3) is 0.318. The standard InChI is InChI=1S/C22H25BrN2O3/c1-15(2)25(3)22(28)18-6-4-16(5-7-18)14-24-21(27)13-12-20(26)17-8-10-19(23)11-9-17/h4-11,15H,12-14H2,1-3H3,(H,24,27). The van der Waals surface area contributed by atoms with Gasteiger partial charge in [0.15, 0.2) is 5.78 Å². The lowest BCUT2D eigenvalue weighted by Crippen LogP contribution is -2.32. The van der Waals surface area contributed by atoms with Gasteiger partial charge in [0, 0.05) is 48.1 Å². The first kappa shape index (κ1) is 21.8. The SMILES string of the molecule is CC(C)N(C)C(=O)c1ccc(CNC(=O)CCC(=O)c2ccc(Br)cc2)cc1. The quantitative estimate of drug-likeness (QED) is 0.620. The lowest BCUT2D eigenvalue weighted by molar-refractivity contribution is -0.121. The van der Waals surface area contributed by atoms with Gasteiger partial charge in [-0.15, -0.1) is 0 Å². The molecule has 0 aliphatic carbocycles. The maximum absolute atomic E-state index is 12.3. The van der Waals surface area contributed by atoms with Crippen LogP contribution in [0.3, 0.4) is 0 Å². The summed E-state index contributed by atoms with van der Waals surface area (Å²) in [4.78, 5) is 38.1. The Morgan fingerprint density at radius 3 is 2.07 bits per heavy atom. The average molecular weight is 445 g/mol. The molecule has 0 aliphatic rings. The molecular weight excluding hydrogens is 420 g/mol. The molecule has 0 aliphatic heterocycles. The normalized spacial score (nSPS) is 10.6. The van der Waals surface area contributed by atoms with Crippen molar-refractivity contribution < 1.29 is 14.4 Å². The fourth-order valence-corrected chi connectivity index (χ4v) is 2.76. The van der Waals surface area contributed by atoms with Gasteiger partial charge in [-0.25, -0.2) is 0 Å². The second-order valence-corrected chi connectivity index (χ2v) is 7.83. The Morgan fingerprint density at radius 2 is 1.50 bits per heavy atom. The molecule has 0 radical (unpaired) electrons. The molecule has 0 unspecified atom stereocenters. The van der Waals surface area contributed by atoms with Crippen LogP contribution in [0, 0.1) is 0 Å². The van der Waals surface area contributed by atoms with Crippen LogP contribution < -0.4 is 5.32 Å². The number of amides is 2. The Labute approximate surface area is 174 Å². The number of nitrogens with zero attached hydrogens (tertiary/aromatic N) is 1. The van der Waals surface area contributed by atoms with E-state index in [2.05, 4.69) is 21.2 Å². The molecule has 0 saturated carbocycles. The molecule has 0 heterocycles. The Balaban J connectivity index is 1.80. The molecule has 148 valence electrons. The minimum atomic E-state index is -0.176. The van der Waals surface area contributed by atoms with Gasteiger partial charge in [-0.1, -0.05) is 40.2 Å². The molecule has 0 atom stereocenters. The lowest BCUT2D eigenvalue weighted by Gasteiger charge is -2.21. The van der Waals surface area contributed by atoms with Gasteiger partial charge in [-0.2, -0.15) is 0 Å². The van der Waals surface area contributed by atoms with Crippen molar-refractivity contribution in [3.8, 4) is 0 Å². The van der Waals surface area contributed by atoms with Crippen LogP contribution in [0.15, 0.2) is 53.0 Å². The van der Waals surface area contributed by atoms with Gasteiger partial charge in [0.2, 0.25) is 5.91 Å². The molecule has 0 spiro atoms. The van der Waals surface area contributed by atoms with Crippen molar-refractivity contribution in [3.05, 3.63) is 69.7 Å². The number of benzene rings is 2. The molecule has 2 rings (SSSR count). The maximum atomic E-state index is 12.3. The number of hydrogen-bond acceptors (Lipinski definition) is 3. The van der Waals surface area contributed by atoms with Crippen LogP contribution in [-0.4, -0.2) is 35.6 Å². The topological polar surface area (TPSA) is 66.5 Å². The molecule has 0 saturated heterocycles. The number of carbonyl (C=O) groups is 3. The first-order chi connectivity index (χ1) is 13.3. The average Bonchev–Trinajstić information content (AvgIpc) is 2.70. The second kappa shape index (κ2) is 10.2. The molecular formula is C22H25BrN2O3. The minimum Gasteiger partial charge on any atom is -0.352 e. The van der Waals surface area contributed by atoms with E-state index in [1.165, 1.54) is 0 Å². The fourth-order valence-electron chi connectivity index (χ4n) is 2.50. The van der Waals surface area contributed by atoms with Crippen molar-refractivity contribution in [2.75, 3.05) is 7.05 Å². The number of hydrogen-bond donors (Lipinski definition) is 1. The smallest absolute Gasteiger partial charge is 0.253 e. The maximum Gasteiger partial charge on any atom is 0.253 e. The third-order valence-electron chi connectivity index (χ3n) is 4.53. The molecule has 28 heavy (non-hydrogen) atoms. The van der Waals surface area contributed by atoms with Gasteiger partial charge in [0.1, 0.15) is 0 Å². The van der Waals surface area contributed by atoms with Crippen LogP contribution in [-0.2, 0) is 11.3 Å². The minimum absolute atomic E-state index is 0.0305. The second-order valence-electron chi connectivity index (χ2n) is 6.91. The van der Waals surface area contributed by atoms with Gasteiger partial charge in [0.05, 0.1) is 0 Å². The molecule has 0 bridgehead atoms. The molecule has 0 fully saturated rings. The highest BCUT2D eigenvalue weighted by Crippen LogP contribution is 2.13. The largest absolute Gasteiger partial charge is 0.352 e. The molecule has 1 N–H and O–H groups in total. The first-order valence-electron chi connectivity index (χ1n) is 9.19. The number of rotatable bonds is 8. The Kier molecular flexibility index (Phi) is 7.93. The van der Waals surface area contributed by atoms with Gasteiger partial charge >= 0.3 is 0 Å². The zero-order valence-corrected chi connectivity index (χ0v) is 18.0. The van der Waals surface area contributed by atoms with Gasteiger partial charge in [-0.05, 0) is 43.7 Å². The van der Waals surface area contributed by atoms with Crippen molar-refractivity contribution in [1.29, 1.82) is 0 Å². The molecule has 2 amide bonds. The summed E-state index contributed by atoms with van der Waals surface area (Å²) >= 11 is 3.33. The molecule has 2 aromatic rings. The van der Waals surface area contributed by atoms with Gasteiger partial charge in [0.25, 0.3) is 5.91 Å². The van der Waals surface area contributed by atoms with Crippen LogP contribution in [0.2, 0.25) is 0 Å². The van der Waals surface area contributed by atoms with Crippen molar-refractivity contribution in [1.82, 2.24) is 10.2 Å². The van der Waals surface area contributed by atoms with Crippen molar-refractivity contribution in [3.63, 3.8) is 0 Å². The number of ketones is 1. The van der Waals surface area contributed by atoms with E-state index in [-0.39, 0.29) is 36.5 Å². The van der Waals surface area contributed by atoms with Crippen molar-refractivity contribution >= 4 is 33.5 Å². The summed E-state index contributed by atoms with van der Waals surface area (Å²) in [6, 6.07) is 14.4. The summed E-state index contributed by atoms with van der Waals surface area (Å²) in [5.41, 5.74) is 2.12. The van der Waals surface area contributed by atoms with E-state index < -0.39 is 0 Å². The third kappa shape index (κ3) is 6.30. The van der Waals surface area contributed by atoms with Crippen LogP contribution in [0.1, 0.15) is 53.0 Å². The number of carbonyl (C=O) groups excluding carboxylic acids is 3. The van der Waals surface area contributed by atoms with Gasteiger partial charge < -0.3 is 10.2 Å². The Morgan fingerprint density at radius 1 is 0.929 bits per heavy atom. The molecule has 2 aromatic carbocycles.